The molecule has 3 rings (SSSR count). The number of methoxy groups -OCH3 is 1. The number of nitrogens with zero attached hydrogens (tertiary/aromatic N) is 1. The molecule has 0 radical (unpaired) electrons. The summed E-state index contributed by atoms with van der Waals surface area (Å²) in [5, 5.41) is 3.21. The van der Waals surface area contributed by atoms with E-state index in [0.29, 0.717) is 24.7 Å². The van der Waals surface area contributed by atoms with Crippen molar-refractivity contribution in [1.82, 2.24) is 10.3 Å². The van der Waals surface area contributed by atoms with E-state index in [-0.39, 0.29) is 24.1 Å². The molecule has 1 aliphatic rings. The molecule has 6 heteroatoms. The van der Waals surface area contributed by atoms with Gasteiger partial charge in [-0.15, -0.1) is 0 Å². The fourth-order valence-electron chi connectivity index (χ4n) is 2.50. The largest absolute Gasteiger partial charge is 0.493 e. The van der Waals surface area contributed by atoms with Gasteiger partial charge in [0, 0.05) is 30.6 Å². The first-order valence-corrected chi connectivity index (χ1v) is 7.02. The van der Waals surface area contributed by atoms with Crippen LogP contribution in [-0.4, -0.2) is 18.7 Å². The molecule has 1 atom stereocenters. The Kier molecular flexibility index (Phi) is 4.20. The Bertz CT molecular complexity index is 679. The van der Waals surface area contributed by atoms with Gasteiger partial charge in [0.25, 0.3) is 0 Å². The topological polar surface area (TPSA) is 43.4 Å². The summed E-state index contributed by atoms with van der Waals surface area (Å²) in [7, 11) is 1.48. The molecule has 0 saturated carbocycles. The fraction of sp³-hybridized carbons (Fsp3) is 0.312. The lowest BCUT2D eigenvalue weighted by atomic mass is 10.0. The minimum Gasteiger partial charge on any atom is -0.493 e. The molecule has 1 aliphatic heterocycles. The van der Waals surface area contributed by atoms with Gasteiger partial charge in [-0.1, -0.05) is 0 Å². The van der Waals surface area contributed by atoms with Crippen molar-refractivity contribution < 1.29 is 18.3 Å². The van der Waals surface area contributed by atoms with Gasteiger partial charge in [-0.2, -0.15) is 0 Å². The summed E-state index contributed by atoms with van der Waals surface area (Å²) in [6.45, 7) is 0.758. The van der Waals surface area contributed by atoms with Crippen LogP contribution >= 0.6 is 0 Å². The van der Waals surface area contributed by atoms with Crippen molar-refractivity contribution in [3.05, 3.63) is 53.2 Å². The molecule has 1 unspecified atom stereocenters. The van der Waals surface area contributed by atoms with Crippen LogP contribution in [0.3, 0.4) is 0 Å². The number of fused-ring (bicyclic) bond motifs is 1. The van der Waals surface area contributed by atoms with Crippen molar-refractivity contribution >= 4 is 0 Å². The molecular weight excluding hydrogens is 290 g/mol. The Morgan fingerprint density at radius 2 is 2.18 bits per heavy atom. The van der Waals surface area contributed by atoms with Gasteiger partial charge < -0.3 is 14.8 Å². The molecule has 2 aromatic rings. The number of rotatable bonds is 4. The molecule has 4 nitrogen and oxygen atoms in total. The maximum atomic E-state index is 13.8. The van der Waals surface area contributed by atoms with E-state index in [9.17, 15) is 8.78 Å². The number of pyridine rings is 1. The fourth-order valence-corrected chi connectivity index (χ4v) is 2.50. The zero-order chi connectivity index (χ0) is 15.5. The molecule has 22 heavy (non-hydrogen) atoms. The van der Waals surface area contributed by atoms with E-state index in [0.717, 1.165) is 5.56 Å². The maximum Gasteiger partial charge on any atom is 0.213 e. The Morgan fingerprint density at radius 1 is 1.32 bits per heavy atom. The summed E-state index contributed by atoms with van der Waals surface area (Å²) >= 11 is 0. The highest BCUT2D eigenvalue weighted by Crippen LogP contribution is 2.32. The highest BCUT2D eigenvalue weighted by molar-refractivity contribution is 5.38. The third kappa shape index (κ3) is 3.01. The predicted octanol–water partition coefficient (Wildman–Crippen LogP) is 2.98. The van der Waals surface area contributed by atoms with E-state index in [1.54, 1.807) is 6.07 Å². The molecule has 0 aliphatic carbocycles. The normalized spacial score (nSPS) is 16.8. The van der Waals surface area contributed by atoms with Crippen molar-refractivity contribution in [1.29, 1.82) is 0 Å². The first kappa shape index (κ1) is 14.7. The maximum absolute atomic E-state index is 13.8. The van der Waals surface area contributed by atoms with Crippen molar-refractivity contribution in [2.75, 3.05) is 13.7 Å². The second-order valence-corrected chi connectivity index (χ2v) is 5.03. The first-order valence-electron chi connectivity index (χ1n) is 7.02. The van der Waals surface area contributed by atoms with E-state index in [1.807, 2.05) is 0 Å². The lowest BCUT2D eigenvalue weighted by Crippen LogP contribution is -2.27. The van der Waals surface area contributed by atoms with Gasteiger partial charge in [-0.05, 0) is 24.3 Å². The van der Waals surface area contributed by atoms with Crippen molar-refractivity contribution in [2.45, 2.75) is 19.0 Å². The summed E-state index contributed by atoms with van der Waals surface area (Å²) in [6.07, 6.45) is 0.683. The van der Waals surface area contributed by atoms with Crippen LogP contribution in [-0.2, 0) is 6.54 Å². The van der Waals surface area contributed by atoms with E-state index in [1.165, 1.54) is 31.4 Å². The summed E-state index contributed by atoms with van der Waals surface area (Å²) in [4.78, 5) is 4.08. The van der Waals surface area contributed by atoms with Crippen LogP contribution in [0.4, 0.5) is 8.78 Å². The first-order chi connectivity index (χ1) is 10.7. The molecule has 1 aromatic carbocycles. The van der Waals surface area contributed by atoms with Gasteiger partial charge in [0.15, 0.2) is 0 Å². The average molecular weight is 306 g/mol. The summed E-state index contributed by atoms with van der Waals surface area (Å²) in [5.74, 6) is 0.294. The summed E-state index contributed by atoms with van der Waals surface area (Å²) < 4.78 is 37.7. The predicted molar refractivity (Wildman–Crippen MR) is 76.8 cm³/mol. The smallest absolute Gasteiger partial charge is 0.213 e. The number of ether oxygens (including phenoxy) is 2. The Hall–Kier alpha value is -2.21. The molecule has 1 aromatic heterocycles. The third-order valence-electron chi connectivity index (χ3n) is 3.63. The number of hydrogen-bond donors (Lipinski definition) is 1. The van der Waals surface area contributed by atoms with Gasteiger partial charge in [0.05, 0.1) is 19.4 Å². The van der Waals surface area contributed by atoms with Gasteiger partial charge >= 0.3 is 0 Å². The summed E-state index contributed by atoms with van der Waals surface area (Å²) in [5.41, 5.74) is 1.01. The molecule has 0 bridgehead atoms. The molecule has 1 N–H and O–H groups in total. The van der Waals surface area contributed by atoms with Crippen molar-refractivity contribution in [2.24, 2.45) is 0 Å². The number of halogens is 2. The Morgan fingerprint density at radius 3 is 3.00 bits per heavy atom. The number of benzene rings is 1. The van der Waals surface area contributed by atoms with Gasteiger partial charge in [0.2, 0.25) is 5.88 Å². The summed E-state index contributed by atoms with van der Waals surface area (Å²) in [6, 6.07) is 7.11. The minimum absolute atomic E-state index is 0.105. The zero-order valence-electron chi connectivity index (χ0n) is 12.1. The van der Waals surface area contributed by atoms with Crippen LogP contribution in [0.2, 0.25) is 0 Å². The Labute approximate surface area is 127 Å². The standard InChI is InChI=1S/C16H16F2N2O2/c1-21-16-5-3-12(18)14(20-16)9-19-13-6-7-22-15-4-2-10(17)8-11(13)15/h2-5,8,13,19H,6-7,9H2,1H3. The Balaban J connectivity index is 1.77. The lowest BCUT2D eigenvalue weighted by Gasteiger charge is -2.26. The number of nitrogens with one attached hydrogen (secondary N) is 1. The minimum atomic E-state index is -0.403. The van der Waals surface area contributed by atoms with E-state index in [2.05, 4.69) is 10.3 Å². The highest BCUT2D eigenvalue weighted by Gasteiger charge is 2.22. The molecule has 0 fully saturated rings. The molecule has 0 amide bonds. The second kappa shape index (κ2) is 6.27. The quantitative estimate of drug-likeness (QED) is 0.943. The zero-order valence-corrected chi connectivity index (χ0v) is 12.1. The monoisotopic (exact) mass is 306 g/mol. The molecule has 2 heterocycles. The SMILES string of the molecule is COc1ccc(F)c(CNC2CCOc3ccc(F)cc32)n1. The van der Waals surface area contributed by atoms with Gasteiger partial charge in [0.1, 0.15) is 17.4 Å². The van der Waals surface area contributed by atoms with Gasteiger partial charge in [-0.25, -0.2) is 13.8 Å². The van der Waals surface area contributed by atoms with Crippen LogP contribution in [0.15, 0.2) is 30.3 Å². The molecule has 0 saturated heterocycles. The molecule has 0 spiro atoms. The van der Waals surface area contributed by atoms with Crippen LogP contribution in [0.5, 0.6) is 11.6 Å². The van der Waals surface area contributed by atoms with E-state index < -0.39 is 5.82 Å². The number of hydrogen-bond acceptors (Lipinski definition) is 4. The van der Waals surface area contributed by atoms with Crippen molar-refractivity contribution in [3.63, 3.8) is 0 Å². The van der Waals surface area contributed by atoms with E-state index >= 15 is 0 Å². The van der Waals surface area contributed by atoms with Crippen LogP contribution in [0.25, 0.3) is 0 Å². The van der Waals surface area contributed by atoms with Crippen LogP contribution < -0.4 is 14.8 Å². The second-order valence-electron chi connectivity index (χ2n) is 5.03. The number of aromatic nitrogens is 1. The lowest BCUT2D eigenvalue weighted by molar-refractivity contribution is 0.250. The van der Waals surface area contributed by atoms with Crippen molar-refractivity contribution in [3.8, 4) is 11.6 Å². The van der Waals surface area contributed by atoms with Gasteiger partial charge in [-0.3, -0.25) is 0 Å². The molecule has 116 valence electrons. The van der Waals surface area contributed by atoms with Crippen LogP contribution in [0.1, 0.15) is 23.7 Å². The van der Waals surface area contributed by atoms with E-state index in [4.69, 9.17) is 9.47 Å². The third-order valence-corrected chi connectivity index (χ3v) is 3.63. The van der Waals surface area contributed by atoms with Crippen LogP contribution in [0, 0.1) is 11.6 Å². The highest BCUT2D eigenvalue weighted by atomic mass is 19.1. The average Bonchev–Trinajstić information content (AvgIpc) is 2.54. The molecular formula is C16H16F2N2O2.